The number of methoxy groups -OCH3 is 1. The second-order valence-corrected chi connectivity index (χ2v) is 7.74. The highest BCUT2D eigenvalue weighted by molar-refractivity contribution is 7.99. The number of nitrogens with one attached hydrogen (secondary N) is 1. The van der Waals surface area contributed by atoms with Crippen LogP contribution in [0.25, 0.3) is 16.6 Å². The van der Waals surface area contributed by atoms with Crippen LogP contribution in [0.1, 0.15) is 10.4 Å². The van der Waals surface area contributed by atoms with Crippen molar-refractivity contribution >= 4 is 40.2 Å². The number of benzene rings is 3. The summed E-state index contributed by atoms with van der Waals surface area (Å²) in [6.07, 6.45) is 0. The van der Waals surface area contributed by atoms with Crippen molar-refractivity contribution in [3.8, 4) is 5.69 Å². The van der Waals surface area contributed by atoms with E-state index in [9.17, 15) is 14.4 Å². The van der Waals surface area contributed by atoms with Gasteiger partial charge in [0.15, 0.2) is 5.16 Å². The zero-order valence-corrected chi connectivity index (χ0v) is 18.0. The Morgan fingerprint density at radius 2 is 1.69 bits per heavy atom. The molecule has 0 unspecified atom stereocenters. The second-order valence-electron chi connectivity index (χ2n) is 6.80. The van der Waals surface area contributed by atoms with E-state index in [1.165, 1.54) is 23.8 Å². The lowest BCUT2D eigenvalue weighted by atomic mass is 10.1. The molecule has 0 saturated heterocycles. The third-order valence-electron chi connectivity index (χ3n) is 4.66. The molecular weight excluding hydrogens is 426 g/mol. The molecule has 0 saturated carbocycles. The molecule has 0 aliphatic carbocycles. The lowest BCUT2D eigenvalue weighted by molar-refractivity contribution is -0.113. The molecule has 160 valence electrons. The molecule has 1 N–H and O–H groups in total. The minimum atomic E-state index is -0.516. The fraction of sp³-hybridized carbons (Fsp3) is 0.0833. The molecule has 0 atom stereocenters. The van der Waals surface area contributed by atoms with Gasteiger partial charge in [0.25, 0.3) is 5.56 Å². The smallest absolute Gasteiger partial charge is 0.337 e. The second kappa shape index (κ2) is 9.49. The number of carbonyl (C=O) groups excluding carboxylic acids is 2. The van der Waals surface area contributed by atoms with E-state index in [2.05, 4.69) is 10.3 Å². The average molecular weight is 446 g/mol. The molecule has 0 aliphatic rings. The van der Waals surface area contributed by atoms with Gasteiger partial charge in [-0.15, -0.1) is 0 Å². The molecule has 0 spiro atoms. The lowest BCUT2D eigenvalue weighted by Gasteiger charge is -2.13. The monoisotopic (exact) mass is 445 g/mol. The molecule has 4 rings (SSSR count). The van der Waals surface area contributed by atoms with Gasteiger partial charge < -0.3 is 10.1 Å². The van der Waals surface area contributed by atoms with Crippen molar-refractivity contribution in [2.24, 2.45) is 0 Å². The van der Waals surface area contributed by atoms with Crippen LogP contribution in [-0.2, 0) is 9.53 Å². The van der Waals surface area contributed by atoms with Gasteiger partial charge >= 0.3 is 5.97 Å². The van der Waals surface area contributed by atoms with Gasteiger partial charge in [0.05, 0.1) is 35.0 Å². The van der Waals surface area contributed by atoms with Gasteiger partial charge in [-0.1, -0.05) is 48.2 Å². The van der Waals surface area contributed by atoms with Crippen molar-refractivity contribution in [3.63, 3.8) is 0 Å². The Kier molecular flexibility index (Phi) is 6.32. The van der Waals surface area contributed by atoms with E-state index in [1.807, 2.05) is 36.4 Å². The highest BCUT2D eigenvalue weighted by atomic mass is 32.2. The van der Waals surface area contributed by atoms with Gasteiger partial charge in [-0.25, -0.2) is 9.78 Å². The van der Waals surface area contributed by atoms with E-state index in [4.69, 9.17) is 4.74 Å². The summed E-state index contributed by atoms with van der Waals surface area (Å²) < 4.78 is 6.24. The quantitative estimate of drug-likeness (QED) is 0.275. The van der Waals surface area contributed by atoms with E-state index >= 15 is 0 Å². The van der Waals surface area contributed by atoms with Crippen LogP contribution in [0.3, 0.4) is 0 Å². The number of amides is 1. The molecule has 3 aromatic carbocycles. The molecule has 1 amide bonds. The van der Waals surface area contributed by atoms with Gasteiger partial charge in [0, 0.05) is 5.69 Å². The zero-order chi connectivity index (χ0) is 22.5. The molecule has 0 radical (unpaired) electrons. The van der Waals surface area contributed by atoms with Crippen LogP contribution in [0.4, 0.5) is 5.69 Å². The minimum Gasteiger partial charge on any atom is -0.465 e. The first kappa shape index (κ1) is 21.3. The summed E-state index contributed by atoms with van der Waals surface area (Å²) in [5, 5.41) is 3.53. The summed E-state index contributed by atoms with van der Waals surface area (Å²) in [5.74, 6) is -0.688. The number of thioether (sulfide) groups is 1. The van der Waals surface area contributed by atoms with Crippen LogP contribution in [0.5, 0.6) is 0 Å². The first-order valence-electron chi connectivity index (χ1n) is 9.75. The minimum absolute atomic E-state index is 0.0520. The SMILES string of the molecule is COC(=O)c1ccc2c(=O)n(-c3ccccc3)c(SCC(=O)Nc3ccccc3)nc2c1. The number of ether oxygens (including phenoxy) is 1. The highest BCUT2D eigenvalue weighted by Gasteiger charge is 2.16. The van der Waals surface area contributed by atoms with Gasteiger partial charge in [-0.05, 0) is 42.5 Å². The van der Waals surface area contributed by atoms with Gasteiger partial charge in [-0.2, -0.15) is 0 Å². The number of carbonyl (C=O) groups is 2. The summed E-state index contributed by atoms with van der Waals surface area (Å²) in [5.41, 5.74) is 1.68. The van der Waals surface area contributed by atoms with E-state index < -0.39 is 5.97 Å². The summed E-state index contributed by atoms with van der Waals surface area (Å²) >= 11 is 1.14. The number of hydrogen-bond donors (Lipinski definition) is 1. The number of anilines is 1. The van der Waals surface area contributed by atoms with Crippen LogP contribution in [-0.4, -0.2) is 34.3 Å². The Balaban J connectivity index is 1.73. The molecule has 8 heteroatoms. The maximum Gasteiger partial charge on any atom is 0.337 e. The number of para-hydroxylation sites is 2. The molecule has 32 heavy (non-hydrogen) atoms. The van der Waals surface area contributed by atoms with Crippen molar-refractivity contribution in [3.05, 3.63) is 94.8 Å². The molecular formula is C24H19N3O4S. The maximum absolute atomic E-state index is 13.3. The van der Waals surface area contributed by atoms with Crippen molar-refractivity contribution in [2.75, 3.05) is 18.2 Å². The number of fused-ring (bicyclic) bond motifs is 1. The largest absolute Gasteiger partial charge is 0.465 e. The number of rotatable bonds is 6. The van der Waals surface area contributed by atoms with Gasteiger partial charge in [0.2, 0.25) is 5.91 Å². The highest BCUT2D eigenvalue weighted by Crippen LogP contribution is 2.22. The Morgan fingerprint density at radius 1 is 1.00 bits per heavy atom. The van der Waals surface area contributed by atoms with Gasteiger partial charge in [-0.3, -0.25) is 14.2 Å². The summed E-state index contributed by atoms with van der Waals surface area (Å²) in [7, 11) is 1.29. The molecule has 7 nitrogen and oxygen atoms in total. The summed E-state index contributed by atoms with van der Waals surface area (Å²) in [6.45, 7) is 0. The molecule has 0 fully saturated rings. The van der Waals surface area contributed by atoms with E-state index in [1.54, 1.807) is 30.3 Å². The van der Waals surface area contributed by atoms with Crippen LogP contribution in [0, 0.1) is 0 Å². The first-order valence-corrected chi connectivity index (χ1v) is 10.7. The number of esters is 1. The third-order valence-corrected chi connectivity index (χ3v) is 5.60. The summed E-state index contributed by atoms with van der Waals surface area (Å²) in [4.78, 5) is 42.3. The zero-order valence-electron chi connectivity index (χ0n) is 17.1. The Hall–Kier alpha value is -3.91. The van der Waals surface area contributed by atoms with Crippen molar-refractivity contribution < 1.29 is 14.3 Å². The van der Waals surface area contributed by atoms with Crippen molar-refractivity contribution in [2.45, 2.75) is 5.16 Å². The van der Waals surface area contributed by atoms with E-state index in [-0.39, 0.29) is 17.2 Å². The molecule has 0 bridgehead atoms. The topological polar surface area (TPSA) is 90.3 Å². The molecule has 0 aliphatic heterocycles. The van der Waals surface area contributed by atoms with Crippen LogP contribution >= 0.6 is 11.8 Å². The fourth-order valence-corrected chi connectivity index (χ4v) is 3.97. The molecule has 1 heterocycles. The Morgan fingerprint density at radius 3 is 2.38 bits per heavy atom. The Labute approximate surface area is 188 Å². The lowest BCUT2D eigenvalue weighted by Crippen LogP contribution is -2.23. The van der Waals surface area contributed by atoms with E-state index in [0.717, 1.165) is 11.8 Å². The van der Waals surface area contributed by atoms with Crippen molar-refractivity contribution in [1.29, 1.82) is 0 Å². The standard InChI is InChI=1S/C24H19N3O4S/c1-31-23(30)16-12-13-19-20(14-16)26-24(27(22(19)29)18-10-6-3-7-11-18)32-15-21(28)25-17-8-4-2-5-9-17/h2-14H,15H2,1H3,(H,25,28). The number of hydrogen-bond acceptors (Lipinski definition) is 6. The van der Waals surface area contributed by atoms with Crippen LogP contribution in [0.15, 0.2) is 88.8 Å². The van der Waals surface area contributed by atoms with Gasteiger partial charge in [0.1, 0.15) is 0 Å². The van der Waals surface area contributed by atoms with Crippen LogP contribution < -0.4 is 10.9 Å². The maximum atomic E-state index is 13.3. The fourth-order valence-electron chi connectivity index (χ4n) is 3.16. The number of nitrogens with zero attached hydrogens (tertiary/aromatic N) is 2. The normalized spacial score (nSPS) is 10.7. The molecule has 1 aromatic heterocycles. The third kappa shape index (κ3) is 4.55. The number of aromatic nitrogens is 2. The first-order chi connectivity index (χ1) is 15.6. The predicted octanol–water partition coefficient (Wildman–Crippen LogP) is 3.90. The molecule has 4 aromatic rings. The van der Waals surface area contributed by atoms with Crippen LogP contribution in [0.2, 0.25) is 0 Å². The van der Waals surface area contributed by atoms with E-state index in [0.29, 0.717) is 33.0 Å². The van der Waals surface area contributed by atoms with Crippen molar-refractivity contribution in [1.82, 2.24) is 9.55 Å². The average Bonchev–Trinajstić information content (AvgIpc) is 2.83. The summed E-state index contributed by atoms with van der Waals surface area (Å²) in [6, 6.07) is 22.8. The predicted molar refractivity (Wildman–Crippen MR) is 124 cm³/mol. The Bertz CT molecular complexity index is 1340.